The zero-order chi connectivity index (χ0) is 16.7. The summed E-state index contributed by atoms with van der Waals surface area (Å²) in [7, 11) is 3.30. The summed E-state index contributed by atoms with van der Waals surface area (Å²) >= 11 is 0. The lowest BCUT2D eigenvalue weighted by Gasteiger charge is -2.27. The lowest BCUT2D eigenvalue weighted by molar-refractivity contribution is -0.131. The van der Waals surface area contributed by atoms with Crippen LogP contribution in [0.3, 0.4) is 0 Å². The molecule has 2 rings (SSSR count). The molecule has 0 fully saturated rings. The van der Waals surface area contributed by atoms with E-state index >= 15 is 0 Å². The summed E-state index contributed by atoms with van der Waals surface area (Å²) in [6.07, 6.45) is 1.69. The molecule has 1 heterocycles. The average Bonchev–Trinajstić information content (AvgIpc) is 2.59. The van der Waals surface area contributed by atoms with Gasteiger partial charge in [-0.2, -0.15) is 0 Å². The number of benzene rings is 1. The van der Waals surface area contributed by atoms with Crippen molar-refractivity contribution in [3.8, 4) is 0 Å². The summed E-state index contributed by atoms with van der Waals surface area (Å²) in [6.45, 7) is 0.463. The van der Waals surface area contributed by atoms with E-state index in [0.717, 1.165) is 5.69 Å². The molecule has 23 heavy (non-hydrogen) atoms. The van der Waals surface area contributed by atoms with Gasteiger partial charge in [-0.15, -0.1) is 0 Å². The van der Waals surface area contributed by atoms with E-state index in [1.54, 1.807) is 37.4 Å². The first kappa shape index (κ1) is 16.9. The summed E-state index contributed by atoms with van der Waals surface area (Å²) in [6, 6.07) is 11.2. The Balaban J connectivity index is 2.00. The predicted molar refractivity (Wildman–Crippen MR) is 86.5 cm³/mol. The van der Waals surface area contributed by atoms with Crippen LogP contribution in [0.4, 0.5) is 10.1 Å². The highest BCUT2D eigenvalue weighted by molar-refractivity contribution is 5.81. The standard InChI is InChI=1S/C17H20FN3O2/c1-21(16(12-23-2)15-5-3-4-10-19-15)17(22)11-20-14-8-6-13(18)7-9-14/h3-10,16,20H,11-12H2,1-2H3. The van der Waals surface area contributed by atoms with Crippen molar-refractivity contribution in [1.82, 2.24) is 9.88 Å². The van der Waals surface area contributed by atoms with Gasteiger partial charge in [-0.05, 0) is 36.4 Å². The summed E-state index contributed by atoms with van der Waals surface area (Å²) in [4.78, 5) is 18.3. The summed E-state index contributed by atoms with van der Waals surface area (Å²) < 4.78 is 18.1. The third-order valence-corrected chi connectivity index (χ3v) is 3.50. The topological polar surface area (TPSA) is 54.5 Å². The van der Waals surface area contributed by atoms with Crippen molar-refractivity contribution in [2.45, 2.75) is 6.04 Å². The number of rotatable bonds is 7. The van der Waals surface area contributed by atoms with Gasteiger partial charge in [-0.3, -0.25) is 9.78 Å². The molecule has 1 aromatic heterocycles. The molecule has 6 heteroatoms. The maximum Gasteiger partial charge on any atom is 0.242 e. The predicted octanol–water partition coefficient (Wildman–Crippen LogP) is 2.48. The van der Waals surface area contributed by atoms with Gasteiger partial charge in [0.2, 0.25) is 5.91 Å². The van der Waals surface area contributed by atoms with E-state index in [2.05, 4.69) is 10.3 Å². The Morgan fingerprint density at radius 3 is 2.65 bits per heavy atom. The number of amides is 1. The molecule has 0 radical (unpaired) electrons. The molecule has 1 N–H and O–H groups in total. The maximum absolute atomic E-state index is 12.9. The van der Waals surface area contributed by atoms with Gasteiger partial charge in [-0.25, -0.2) is 4.39 Å². The van der Waals surface area contributed by atoms with Gasteiger partial charge in [0.15, 0.2) is 0 Å². The van der Waals surface area contributed by atoms with Gasteiger partial charge in [0, 0.05) is 26.0 Å². The lowest BCUT2D eigenvalue weighted by atomic mass is 10.1. The fraction of sp³-hybridized carbons (Fsp3) is 0.294. The first-order valence-corrected chi connectivity index (χ1v) is 7.26. The molecule has 2 aromatic rings. The Labute approximate surface area is 135 Å². The van der Waals surface area contributed by atoms with E-state index in [1.165, 1.54) is 12.1 Å². The van der Waals surface area contributed by atoms with Gasteiger partial charge in [0.05, 0.1) is 24.9 Å². The highest BCUT2D eigenvalue weighted by Crippen LogP contribution is 2.17. The van der Waals surface area contributed by atoms with Crippen molar-refractivity contribution in [1.29, 1.82) is 0 Å². The number of nitrogens with one attached hydrogen (secondary N) is 1. The first-order chi connectivity index (χ1) is 11.1. The van der Waals surface area contributed by atoms with Crippen molar-refractivity contribution in [2.75, 3.05) is 32.6 Å². The van der Waals surface area contributed by atoms with E-state index in [9.17, 15) is 9.18 Å². The number of aromatic nitrogens is 1. The number of nitrogens with zero attached hydrogens (tertiary/aromatic N) is 2. The molecule has 1 atom stereocenters. The van der Waals surface area contributed by atoms with Crippen LogP contribution in [0.5, 0.6) is 0 Å². The van der Waals surface area contributed by atoms with Crippen LogP contribution < -0.4 is 5.32 Å². The van der Waals surface area contributed by atoms with Crippen LogP contribution in [0, 0.1) is 5.82 Å². The third kappa shape index (κ3) is 4.75. The van der Waals surface area contributed by atoms with Crippen LogP contribution in [-0.2, 0) is 9.53 Å². The largest absolute Gasteiger partial charge is 0.382 e. The fourth-order valence-corrected chi connectivity index (χ4v) is 2.17. The highest BCUT2D eigenvalue weighted by Gasteiger charge is 2.22. The van der Waals surface area contributed by atoms with Gasteiger partial charge >= 0.3 is 0 Å². The molecular weight excluding hydrogens is 297 g/mol. The number of anilines is 1. The number of ether oxygens (including phenoxy) is 1. The lowest BCUT2D eigenvalue weighted by Crippen LogP contribution is -2.37. The van der Waals surface area contributed by atoms with Crippen molar-refractivity contribution in [3.05, 3.63) is 60.2 Å². The second kappa shape index (κ2) is 8.24. The van der Waals surface area contributed by atoms with E-state index in [-0.39, 0.29) is 24.3 Å². The maximum atomic E-state index is 12.9. The number of likely N-dealkylation sites (N-methyl/N-ethyl adjacent to an activating group) is 1. The van der Waals surface area contributed by atoms with Crippen LogP contribution >= 0.6 is 0 Å². The Kier molecular flexibility index (Phi) is 6.05. The molecule has 0 spiro atoms. The minimum Gasteiger partial charge on any atom is -0.382 e. The third-order valence-electron chi connectivity index (χ3n) is 3.50. The van der Waals surface area contributed by atoms with Gasteiger partial charge in [0.25, 0.3) is 0 Å². The van der Waals surface area contributed by atoms with Crippen LogP contribution in [0.25, 0.3) is 0 Å². The van der Waals surface area contributed by atoms with Crippen molar-refractivity contribution < 1.29 is 13.9 Å². The van der Waals surface area contributed by atoms with E-state index in [1.807, 2.05) is 18.2 Å². The zero-order valence-electron chi connectivity index (χ0n) is 13.2. The van der Waals surface area contributed by atoms with Gasteiger partial charge in [0.1, 0.15) is 5.82 Å². The smallest absolute Gasteiger partial charge is 0.242 e. The number of carbonyl (C=O) groups is 1. The fourth-order valence-electron chi connectivity index (χ4n) is 2.17. The Bertz CT molecular complexity index is 619. The molecule has 0 aliphatic carbocycles. The van der Waals surface area contributed by atoms with E-state index in [4.69, 9.17) is 4.74 Å². The highest BCUT2D eigenvalue weighted by atomic mass is 19.1. The number of hydrogen-bond donors (Lipinski definition) is 1. The zero-order valence-corrected chi connectivity index (χ0v) is 13.2. The summed E-state index contributed by atoms with van der Waals surface area (Å²) in [5.74, 6) is -0.420. The van der Waals surface area contributed by atoms with E-state index in [0.29, 0.717) is 12.3 Å². The van der Waals surface area contributed by atoms with Gasteiger partial charge in [-0.1, -0.05) is 6.07 Å². The minimum atomic E-state index is -0.311. The second-order valence-corrected chi connectivity index (χ2v) is 5.09. The number of carbonyl (C=O) groups excluding carboxylic acids is 1. The molecule has 0 saturated carbocycles. The van der Waals surface area contributed by atoms with Crippen LogP contribution in [-0.4, -0.2) is 43.1 Å². The SMILES string of the molecule is COCC(c1ccccn1)N(C)C(=O)CNc1ccc(F)cc1. The molecule has 0 saturated heterocycles. The molecule has 5 nitrogen and oxygen atoms in total. The van der Waals surface area contributed by atoms with Crippen molar-refractivity contribution in [3.63, 3.8) is 0 Å². The molecule has 1 unspecified atom stereocenters. The molecule has 0 aliphatic rings. The normalized spacial score (nSPS) is 11.8. The van der Waals surface area contributed by atoms with Crippen LogP contribution in [0.15, 0.2) is 48.7 Å². The second-order valence-electron chi connectivity index (χ2n) is 5.09. The number of hydrogen-bond acceptors (Lipinski definition) is 4. The Morgan fingerprint density at radius 2 is 2.04 bits per heavy atom. The molecular formula is C17H20FN3O2. The summed E-state index contributed by atoms with van der Waals surface area (Å²) in [5.41, 5.74) is 1.46. The van der Waals surface area contributed by atoms with E-state index < -0.39 is 0 Å². The minimum absolute atomic E-state index is 0.106. The van der Waals surface area contributed by atoms with Crippen molar-refractivity contribution in [2.24, 2.45) is 0 Å². The molecule has 1 aromatic carbocycles. The summed E-state index contributed by atoms with van der Waals surface area (Å²) in [5, 5.41) is 2.98. The quantitative estimate of drug-likeness (QED) is 0.852. The monoisotopic (exact) mass is 317 g/mol. The molecule has 0 aliphatic heterocycles. The Morgan fingerprint density at radius 1 is 1.30 bits per heavy atom. The Hall–Kier alpha value is -2.47. The van der Waals surface area contributed by atoms with Crippen LogP contribution in [0.2, 0.25) is 0 Å². The first-order valence-electron chi connectivity index (χ1n) is 7.26. The van der Waals surface area contributed by atoms with Gasteiger partial charge < -0.3 is 15.0 Å². The number of pyridine rings is 1. The molecule has 122 valence electrons. The number of methoxy groups -OCH3 is 1. The van der Waals surface area contributed by atoms with Crippen molar-refractivity contribution >= 4 is 11.6 Å². The average molecular weight is 317 g/mol. The van der Waals surface area contributed by atoms with Crippen LogP contribution in [0.1, 0.15) is 11.7 Å². The number of halogens is 1. The molecule has 1 amide bonds. The molecule has 0 bridgehead atoms.